The Bertz CT molecular complexity index is 217. The van der Waals surface area contributed by atoms with E-state index in [-0.39, 0.29) is 6.54 Å². The minimum atomic E-state index is -0.715. The van der Waals surface area contributed by atoms with Crippen LogP contribution in [0.3, 0.4) is 0 Å². The third-order valence-corrected chi connectivity index (χ3v) is 2.89. The molecule has 4 nitrogen and oxygen atoms in total. The average molecular weight is 214 g/mol. The zero-order valence-corrected chi connectivity index (χ0v) is 9.94. The number of carbonyl (C=O) groups is 1. The molecular weight excluding hydrogens is 192 g/mol. The van der Waals surface area contributed by atoms with Crippen LogP contribution in [-0.4, -0.2) is 60.1 Å². The lowest BCUT2D eigenvalue weighted by Gasteiger charge is -2.40. The molecule has 0 aliphatic carbocycles. The van der Waals surface area contributed by atoms with Crippen LogP contribution in [0.5, 0.6) is 0 Å². The molecule has 1 saturated heterocycles. The van der Waals surface area contributed by atoms with E-state index in [1.54, 1.807) is 0 Å². The molecule has 0 saturated carbocycles. The summed E-state index contributed by atoms with van der Waals surface area (Å²) in [5, 5.41) is 8.83. The molecule has 0 aromatic heterocycles. The molecule has 1 heterocycles. The van der Waals surface area contributed by atoms with Crippen molar-refractivity contribution in [3.8, 4) is 0 Å². The van der Waals surface area contributed by atoms with E-state index >= 15 is 0 Å². The van der Waals surface area contributed by atoms with Crippen molar-refractivity contribution in [2.75, 3.05) is 33.2 Å². The van der Waals surface area contributed by atoms with Crippen LogP contribution in [-0.2, 0) is 4.79 Å². The number of piperazine rings is 1. The second-order valence-electron chi connectivity index (χ2n) is 4.91. The second kappa shape index (κ2) is 5.47. The number of aliphatic carboxylic acids is 1. The molecular formula is C11H22N2O2. The van der Waals surface area contributed by atoms with Crippen molar-refractivity contribution in [1.29, 1.82) is 0 Å². The van der Waals surface area contributed by atoms with Crippen LogP contribution in [0.15, 0.2) is 0 Å². The van der Waals surface area contributed by atoms with Crippen LogP contribution in [0.25, 0.3) is 0 Å². The number of hydrogen-bond donors (Lipinski definition) is 1. The Labute approximate surface area is 91.9 Å². The van der Waals surface area contributed by atoms with Crippen molar-refractivity contribution in [2.45, 2.75) is 26.3 Å². The van der Waals surface area contributed by atoms with Crippen molar-refractivity contribution in [3.05, 3.63) is 0 Å². The maximum atomic E-state index is 10.7. The van der Waals surface area contributed by atoms with Crippen LogP contribution in [0.2, 0.25) is 0 Å². The lowest BCUT2D eigenvalue weighted by Crippen LogP contribution is -2.53. The summed E-state index contributed by atoms with van der Waals surface area (Å²) < 4.78 is 0. The van der Waals surface area contributed by atoms with Gasteiger partial charge >= 0.3 is 5.97 Å². The Hall–Kier alpha value is -0.610. The molecule has 0 spiro atoms. The average Bonchev–Trinajstić information content (AvgIpc) is 2.08. The first kappa shape index (κ1) is 12.5. The molecule has 1 rings (SSSR count). The van der Waals surface area contributed by atoms with Gasteiger partial charge in [-0.05, 0) is 19.4 Å². The lowest BCUT2D eigenvalue weighted by molar-refractivity contribution is -0.139. The predicted molar refractivity (Wildman–Crippen MR) is 59.9 cm³/mol. The van der Waals surface area contributed by atoms with E-state index in [2.05, 4.69) is 30.7 Å². The number of likely N-dealkylation sites (N-methyl/N-ethyl adjacent to an activating group) is 1. The summed E-state index contributed by atoms with van der Waals surface area (Å²) >= 11 is 0. The molecule has 0 aromatic rings. The van der Waals surface area contributed by atoms with Gasteiger partial charge in [0.05, 0.1) is 6.54 Å². The lowest BCUT2D eigenvalue weighted by atomic mass is 10.0. The molecule has 0 bridgehead atoms. The van der Waals surface area contributed by atoms with Crippen LogP contribution >= 0.6 is 0 Å². The maximum Gasteiger partial charge on any atom is 0.317 e. The molecule has 1 fully saturated rings. The maximum absolute atomic E-state index is 10.7. The van der Waals surface area contributed by atoms with Crippen LogP contribution < -0.4 is 0 Å². The Kier molecular flexibility index (Phi) is 4.54. The monoisotopic (exact) mass is 214 g/mol. The minimum absolute atomic E-state index is 0.186. The van der Waals surface area contributed by atoms with Gasteiger partial charge in [-0.15, -0.1) is 0 Å². The molecule has 4 heteroatoms. The van der Waals surface area contributed by atoms with Gasteiger partial charge in [-0.3, -0.25) is 9.69 Å². The van der Waals surface area contributed by atoms with Gasteiger partial charge in [-0.1, -0.05) is 13.8 Å². The zero-order valence-electron chi connectivity index (χ0n) is 9.94. The summed E-state index contributed by atoms with van der Waals surface area (Å²) in [4.78, 5) is 15.1. The van der Waals surface area contributed by atoms with Gasteiger partial charge in [0.2, 0.25) is 0 Å². The highest BCUT2D eigenvalue weighted by Crippen LogP contribution is 2.16. The van der Waals surface area contributed by atoms with Gasteiger partial charge < -0.3 is 10.0 Å². The molecule has 1 unspecified atom stereocenters. The van der Waals surface area contributed by atoms with Crippen LogP contribution in [0, 0.1) is 5.92 Å². The van der Waals surface area contributed by atoms with E-state index in [0.717, 1.165) is 26.1 Å². The number of carboxylic acid groups (broad SMARTS) is 1. The Morgan fingerprint density at radius 2 is 2.13 bits per heavy atom. The molecule has 88 valence electrons. The smallest absolute Gasteiger partial charge is 0.317 e. The Morgan fingerprint density at radius 1 is 1.47 bits per heavy atom. The van der Waals surface area contributed by atoms with Crippen molar-refractivity contribution in [2.24, 2.45) is 5.92 Å². The first-order valence-electron chi connectivity index (χ1n) is 5.63. The molecule has 1 N–H and O–H groups in total. The third-order valence-electron chi connectivity index (χ3n) is 2.89. The summed E-state index contributed by atoms with van der Waals surface area (Å²) in [5.41, 5.74) is 0. The number of nitrogens with zero attached hydrogens (tertiary/aromatic N) is 2. The SMILES string of the molecule is CC(C)CC1CN(C)CCN1CC(=O)O. The second-order valence-corrected chi connectivity index (χ2v) is 4.91. The van der Waals surface area contributed by atoms with Crippen LogP contribution in [0.1, 0.15) is 20.3 Å². The van der Waals surface area contributed by atoms with Gasteiger partial charge in [0.15, 0.2) is 0 Å². The fourth-order valence-electron chi connectivity index (χ4n) is 2.20. The van der Waals surface area contributed by atoms with E-state index in [1.165, 1.54) is 0 Å². The number of hydrogen-bond acceptors (Lipinski definition) is 3. The minimum Gasteiger partial charge on any atom is -0.480 e. The quantitative estimate of drug-likeness (QED) is 0.749. The van der Waals surface area contributed by atoms with Crippen LogP contribution in [0.4, 0.5) is 0 Å². The summed E-state index contributed by atoms with van der Waals surface area (Å²) in [7, 11) is 2.10. The van der Waals surface area contributed by atoms with Gasteiger partial charge in [-0.2, -0.15) is 0 Å². The first-order chi connectivity index (χ1) is 6.99. The molecule has 0 aromatic carbocycles. The highest BCUT2D eigenvalue weighted by atomic mass is 16.4. The largest absolute Gasteiger partial charge is 0.480 e. The van der Waals surface area contributed by atoms with Crippen molar-refractivity contribution in [3.63, 3.8) is 0 Å². The summed E-state index contributed by atoms with van der Waals surface area (Å²) in [6, 6.07) is 0.403. The molecule has 1 aliphatic rings. The Balaban J connectivity index is 2.53. The molecule has 1 atom stereocenters. The normalized spacial score (nSPS) is 24.7. The highest BCUT2D eigenvalue weighted by molar-refractivity contribution is 5.69. The molecule has 1 aliphatic heterocycles. The summed E-state index contributed by atoms with van der Waals surface area (Å²) in [6.45, 7) is 7.40. The topological polar surface area (TPSA) is 43.8 Å². The van der Waals surface area contributed by atoms with Crippen molar-refractivity contribution in [1.82, 2.24) is 9.80 Å². The molecule has 0 amide bonds. The van der Waals surface area contributed by atoms with E-state index < -0.39 is 5.97 Å². The van der Waals surface area contributed by atoms with Crippen molar-refractivity contribution < 1.29 is 9.90 Å². The van der Waals surface area contributed by atoms with Gasteiger partial charge in [0, 0.05) is 25.7 Å². The fraction of sp³-hybridized carbons (Fsp3) is 0.909. The standard InChI is InChI=1S/C11H22N2O2/c1-9(2)6-10-7-12(3)4-5-13(10)8-11(14)15/h9-10H,4-8H2,1-3H3,(H,14,15). The predicted octanol–water partition coefficient (Wildman–Crippen LogP) is 0.733. The van der Waals surface area contributed by atoms with Gasteiger partial charge in [-0.25, -0.2) is 0 Å². The Morgan fingerprint density at radius 3 is 2.67 bits per heavy atom. The fourth-order valence-corrected chi connectivity index (χ4v) is 2.20. The number of carboxylic acids is 1. The third kappa shape index (κ3) is 4.18. The zero-order chi connectivity index (χ0) is 11.4. The van der Waals surface area contributed by atoms with E-state index in [1.807, 2.05) is 0 Å². The highest BCUT2D eigenvalue weighted by Gasteiger charge is 2.26. The van der Waals surface area contributed by atoms with Gasteiger partial charge in [0.1, 0.15) is 0 Å². The first-order valence-corrected chi connectivity index (χ1v) is 5.63. The summed E-state index contributed by atoms with van der Waals surface area (Å²) in [5.74, 6) is -0.0916. The number of rotatable bonds is 4. The van der Waals surface area contributed by atoms with E-state index in [4.69, 9.17) is 5.11 Å². The summed E-state index contributed by atoms with van der Waals surface area (Å²) in [6.07, 6.45) is 1.08. The molecule has 15 heavy (non-hydrogen) atoms. The van der Waals surface area contributed by atoms with Crippen molar-refractivity contribution >= 4 is 5.97 Å². The van der Waals surface area contributed by atoms with Gasteiger partial charge in [0.25, 0.3) is 0 Å². The van der Waals surface area contributed by atoms with E-state index in [0.29, 0.717) is 12.0 Å². The molecule has 0 radical (unpaired) electrons. The van der Waals surface area contributed by atoms with E-state index in [9.17, 15) is 4.79 Å².